The van der Waals surface area contributed by atoms with Crippen LogP contribution < -0.4 is 9.21 Å². The number of aromatic nitrogens is 1. The van der Waals surface area contributed by atoms with Crippen LogP contribution in [-0.2, 0) is 14.8 Å². The molecule has 168 valence electrons. The molecule has 1 fully saturated rings. The Balaban J connectivity index is 1.21. The van der Waals surface area contributed by atoms with E-state index < -0.39 is 16.0 Å². The number of rotatable bonds is 6. The van der Waals surface area contributed by atoms with Crippen LogP contribution in [0.5, 0.6) is 0 Å². The van der Waals surface area contributed by atoms with E-state index in [1.165, 1.54) is 35.6 Å². The second-order valence-electron chi connectivity index (χ2n) is 7.73. The predicted octanol–water partition coefficient (Wildman–Crippen LogP) is 4.17. The number of thiazole rings is 1. The van der Waals surface area contributed by atoms with E-state index in [1.54, 1.807) is 35.6 Å². The molecule has 4 aromatic rings. The van der Waals surface area contributed by atoms with E-state index in [2.05, 4.69) is 9.88 Å². The Hall–Kier alpha value is -3.43. The van der Waals surface area contributed by atoms with Gasteiger partial charge in [0.05, 0.1) is 39.5 Å². The molecular formula is C24H21N3O4S2. The number of hydrogen-bond donors (Lipinski definition) is 0. The average molecular weight is 480 g/mol. The first-order valence-corrected chi connectivity index (χ1v) is 12.6. The minimum absolute atomic E-state index is 0.107. The molecule has 9 heteroatoms. The number of hydrogen-bond acceptors (Lipinski definition) is 7. The van der Waals surface area contributed by atoms with Gasteiger partial charge in [-0.25, -0.2) is 18.2 Å². The minimum Gasteiger partial charge on any atom is -0.455 e. The van der Waals surface area contributed by atoms with Crippen molar-refractivity contribution in [3.63, 3.8) is 0 Å². The molecule has 0 unspecified atom stereocenters. The Morgan fingerprint density at radius 1 is 1.00 bits per heavy atom. The van der Waals surface area contributed by atoms with E-state index in [0.717, 1.165) is 15.3 Å². The molecule has 0 bridgehead atoms. The lowest BCUT2D eigenvalue weighted by molar-refractivity contribution is 0.0234. The molecule has 0 radical (unpaired) electrons. The number of esters is 1. The highest BCUT2D eigenvalue weighted by Gasteiger charge is 2.32. The van der Waals surface area contributed by atoms with Crippen LogP contribution >= 0.6 is 11.3 Å². The van der Waals surface area contributed by atoms with Crippen molar-refractivity contribution in [3.8, 4) is 0 Å². The summed E-state index contributed by atoms with van der Waals surface area (Å²) in [7, 11) is -2.23. The van der Waals surface area contributed by atoms with Gasteiger partial charge in [-0.1, -0.05) is 41.7 Å². The first kappa shape index (κ1) is 21.4. The summed E-state index contributed by atoms with van der Waals surface area (Å²) in [6.07, 6.45) is -0.225. The Morgan fingerprint density at radius 3 is 2.36 bits per heavy atom. The van der Waals surface area contributed by atoms with Gasteiger partial charge < -0.3 is 9.64 Å². The molecule has 7 nitrogen and oxygen atoms in total. The number of para-hydroxylation sites is 2. The lowest BCUT2D eigenvalue weighted by atomic mass is 10.2. The average Bonchev–Trinajstić information content (AvgIpc) is 3.24. The van der Waals surface area contributed by atoms with E-state index in [-0.39, 0.29) is 11.0 Å². The normalized spacial score (nSPS) is 14.2. The van der Waals surface area contributed by atoms with Crippen molar-refractivity contribution < 1.29 is 17.9 Å². The topological polar surface area (TPSA) is 79.8 Å². The molecule has 1 aliphatic heterocycles. The summed E-state index contributed by atoms with van der Waals surface area (Å²) in [4.78, 5) is 19.3. The van der Waals surface area contributed by atoms with Crippen molar-refractivity contribution in [2.75, 3.05) is 29.3 Å². The van der Waals surface area contributed by atoms with Crippen LogP contribution in [0.2, 0.25) is 0 Å². The predicted molar refractivity (Wildman–Crippen MR) is 130 cm³/mol. The largest absolute Gasteiger partial charge is 0.455 e. The van der Waals surface area contributed by atoms with Crippen molar-refractivity contribution in [1.29, 1.82) is 0 Å². The Bertz CT molecular complexity index is 1360. The van der Waals surface area contributed by atoms with Crippen molar-refractivity contribution in [2.45, 2.75) is 11.0 Å². The summed E-state index contributed by atoms with van der Waals surface area (Å²) < 4.78 is 33.7. The molecule has 3 aromatic carbocycles. The molecule has 0 aliphatic carbocycles. The number of anilines is 2. The van der Waals surface area contributed by atoms with Gasteiger partial charge in [-0.3, -0.25) is 4.31 Å². The van der Waals surface area contributed by atoms with E-state index in [4.69, 9.17) is 4.74 Å². The zero-order valence-electron chi connectivity index (χ0n) is 17.8. The summed E-state index contributed by atoms with van der Waals surface area (Å²) in [6, 6.07) is 22.6. The standard InChI is InChI=1S/C24H21N3O4S2/c1-26(18-7-3-2-4-8-18)33(29,30)20-13-11-17(12-14-20)23(28)31-19-15-27(16-19)24-25-21-9-5-6-10-22(21)32-24/h2-14,19H,15-16H2,1H3. The van der Waals surface area contributed by atoms with Gasteiger partial charge >= 0.3 is 5.97 Å². The van der Waals surface area contributed by atoms with E-state index in [0.29, 0.717) is 24.3 Å². The molecule has 1 saturated heterocycles. The van der Waals surface area contributed by atoms with Crippen LogP contribution in [0, 0.1) is 0 Å². The smallest absolute Gasteiger partial charge is 0.338 e. The summed E-state index contributed by atoms with van der Waals surface area (Å²) in [5.41, 5.74) is 1.84. The van der Waals surface area contributed by atoms with Gasteiger partial charge in [-0.15, -0.1) is 0 Å². The van der Waals surface area contributed by atoms with E-state index in [1.807, 2.05) is 30.3 Å². The zero-order valence-corrected chi connectivity index (χ0v) is 19.4. The molecular weight excluding hydrogens is 458 g/mol. The van der Waals surface area contributed by atoms with Gasteiger partial charge in [-0.05, 0) is 48.5 Å². The first-order chi connectivity index (χ1) is 15.9. The van der Waals surface area contributed by atoms with E-state index in [9.17, 15) is 13.2 Å². The van der Waals surface area contributed by atoms with Crippen molar-refractivity contribution in [1.82, 2.24) is 4.98 Å². The summed E-state index contributed by atoms with van der Waals surface area (Å²) in [5.74, 6) is -0.468. The molecule has 5 rings (SSSR count). The molecule has 1 aliphatic rings. The SMILES string of the molecule is CN(c1ccccc1)S(=O)(=O)c1ccc(C(=O)OC2CN(c3nc4ccccc4s3)C2)cc1. The lowest BCUT2D eigenvalue weighted by Gasteiger charge is -2.38. The molecule has 0 N–H and O–H groups in total. The number of fused-ring (bicyclic) bond motifs is 1. The van der Waals surface area contributed by atoms with Crippen molar-refractivity contribution >= 4 is 48.4 Å². The Labute approximate surface area is 195 Å². The third kappa shape index (κ3) is 4.17. The number of carbonyl (C=O) groups is 1. The quantitative estimate of drug-likeness (QED) is 0.386. The Morgan fingerprint density at radius 2 is 1.67 bits per heavy atom. The molecule has 1 aromatic heterocycles. The summed E-state index contributed by atoms with van der Waals surface area (Å²) >= 11 is 1.62. The fourth-order valence-electron chi connectivity index (χ4n) is 3.58. The molecule has 0 saturated carbocycles. The van der Waals surface area contributed by atoms with Crippen LogP contribution in [0.4, 0.5) is 10.8 Å². The molecule has 2 heterocycles. The molecule has 0 amide bonds. The molecule has 33 heavy (non-hydrogen) atoms. The zero-order chi connectivity index (χ0) is 23.0. The van der Waals surface area contributed by atoms with E-state index >= 15 is 0 Å². The highest BCUT2D eigenvalue weighted by Crippen LogP contribution is 2.32. The highest BCUT2D eigenvalue weighted by atomic mass is 32.2. The summed E-state index contributed by atoms with van der Waals surface area (Å²) in [5, 5.41) is 0.917. The third-order valence-corrected chi connectivity index (χ3v) is 8.44. The second kappa shape index (κ2) is 8.49. The van der Waals surface area contributed by atoms with Crippen LogP contribution in [-0.4, -0.2) is 45.6 Å². The van der Waals surface area contributed by atoms with Crippen LogP contribution in [0.25, 0.3) is 10.2 Å². The number of ether oxygens (including phenoxy) is 1. The van der Waals surface area contributed by atoms with Crippen molar-refractivity contribution in [3.05, 3.63) is 84.4 Å². The van der Waals surface area contributed by atoms with Crippen LogP contribution in [0.15, 0.2) is 83.8 Å². The minimum atomic E-state index is -3.73. The molecule has 0 spiro atoms. The maximum atomic E-state index is 12.9. The van der Waals surface area contributed by atoms with Gasteiger partial charge in [0.1, 0.15) is 6.10 Å². The molecule has 0 atom stereocenters. The number of carbonyl (C=O) groups excluding carboxylic acids is 1. The number of benzene rings is 3. The Kier molecular flexibility index (Phi) is 5.51. The fraction of sp³-hybridized carbons (Fsp3) is 0.167. The van der Waals surface area contributed by atoms with Crippen molar-refractivity contribution in [2.24, 2.45) is 0 Å². The number of sulfonamides is 1. The van der Waals surface area contributed by atoms with Crippen LogP contribution in [0.3, 0.4) is 0 Å². The summed E-state index contributed by atoms with van der Waals surface area (Å²) in [6.45, 7) is 1.17. The third-order valence-electron chi connectivity index (χ3n) is 5.54. The maximum Gasteiger partial charge on any atom is 0.338 e. The second-order valence-corrected chi connectivity index (χ2v) is 10.7. The first-order valence-electron chi connectivity index (χ1n) is 10.4. The maximum absolute atomic E-state index is 12.9. The van der Waals surface area contributed by atoms with Crippen LogP contribution in [0.1, 0.15) is 10.4 Å². The monoisotopic (exact) mass is 479 g/mol. The highest BCUT2D eigenvalue weighted by molar-refractivity contribution is 7.92. The fourth-order valence-corrected chi connectivity index (χ4v) is 5.76. The van der Waals surface area contributed by atoms with Gasteiger partial charge in [0.2, 0.25) is 0 Å². The van der Waals surface area contributed by atoms with Gasteiger partial charge in [0.15, 0.2) is 5.13 Å². The van der Waals surface area contributed by atoms with Gasteiger partial charge in [0.25, 0.3) is 10.0 Å². The number of nitrogens with zero attached hydrogens (tertiary/aromatic N) is 3. The van der Waals surface area contributed by atoms with Gasteiger partial charge in [-0.2, -0.15) is 0 Å². The van der Waals surface area contributed by atoms with Gasteiger partial charge in [0, 0.05) is 7.05 Å². The lowest BCUT2D eigenvalue weighted by Crippen LogP contribution is -2.53.